The second-order valence-corrected chi connectivity index (χ2v) is 0.403. The van der Waals surface area contributed by atoms with Gasteiger partial charge in [-0.2, -0.15) is 0 Å². The first-order valence-electron chi connectivity index (χ1n) is 0.333. The van der Waals surface area contributed by atoms with Crippen molar-refractivity contribution in [2.45, 2.75) is 0 Å². The van der Waals surface area contributed by atoms with Gasteiger partial charge >= 0.3 is 25.3 Å². The standard InChI is InChI=1S/2FH.Mo.2O/h2*1H;;;. The quantitative estimate of drug-likeness (QED) is 0.479. The van der Waals surface area contributed by atoms with Crippen LogP contribution in [-0.4, -0.2) is 0 Å². The second-order valence-electron chi connectivity index (χ2n) is 0.0680. The summed E-state index contributed by atoms with van der Waals surface area (Å²) in [6.07, 6.45) is 0. The zero-order chi connectivity index (χ0) is 2.71. The minimum atomic E-state index is -2.03. The number of hydrogen-bond acceptors (Lipinski definition) is 2. The molecule has 0 heterocycles. The molecule has 0 fully saturated rings. The van der Waals surface area contributed by atoms with Crippen LogP contribution < -0.4 is 0 Å². The Balaban J connectivity index is -0.0000000200. The number of hydrogen-bond donors (Lipinski definition) is 0. The molecule has 5 heavy (non-hydrogen) atoms. The zero-order valence-corrected chi connectivity index (χ0v) is 4.05. The number of halogens is 2. The van der Waals surface area contributed by atoms with Gasteiger partial charge in [-0.15, -0.1) is 0 Å². The molecule has 0 rings (SSSR count). The molecule has 34 valence electrons. The van der Waals surface area contributed by atoms with Gasteiger partial charge in [-0.1, -0.05) is 0 Å². The summed E-state index contributed by atoms with van der Waals surface area (Å²) in [7, 11) is 0. The molecule has 0 radical (unpaired) electrons. The van der Waals surface area contributed by atoms with Gasteiger partial charge in [0.2, 0.25) is 0 Å². The molecule has 0 unspecified atom stereocenters. The van der Waals surface area contributed by atoms with Crippen LogP contribution in [0.4, 0.5) is 9.41 Å². The van der Waals surface area contributed by atoms with Gasteiger partial charge in [-0.3, -0.25) is 9.41 Å². The van der Waals surface area contributed by atoms with Crippen LogP contribution in [0.1, 0.15) is 0 Å². The third kappa shape index (κ3) is 870. The molecule has 0 aliphatic carbocycles. The molecule has 0 spiro atoms. The van der Waals surface area contributed by atoms with Crippen molar-refractivity contribution >= 4 is 0 Å². The molecular weight excluding hydrogens is 166 g/mol. The molecule has 0 atom stereocenters. The van der Waals surface area contributed by atoms with Crippen LogP contribution in [0.3, 0.4) is 0 Å². The Labute approximate surface area is 35.4 Å². The zero-order valence-electron chi connectivity index (χ0n) is 2.04. The SMILES string of the molecule is F.F.[O]=[Mo]=[O]. The van der Waals surface area contributed by atoms with E-state index in [1.54, 1.807) is 0 Å². The Morgan fingerprint density at radius 1 is 1.00 bits per heavy atom. The number of rotatable bonds is 0. The Kier molecular flexibility index (Phi) is 120. The van der Waals surface area contributed by atoms with Crippen molar-refractivity contribution in [2.75, 3.05) is 0 Å². The topological polar surface area (TPSA) is 34.1 Å². The summed E-state index contributed by atoms with van der Waals surface area (Å²) in [6, 6.07) is 0. The fourth-order valence-electron chi connectivity index (χ4n) is 0. The maximum atomic E-state index is 8.50. The van der Waals surface area contributed by atoms with Gasteiger partial charge in [0.1, 0.15) is 0 Å². The van der Waals surface area contributed by atoms with Crippen LogP contribution >= 0.6 is 0 Å². The molecule has 0 N–H and O–H groups in total. The molecule has 0 aromatic rings. The van der Waals surface area contributed by atoms with Crippen molar-refractivity contribution in [3.05, 3.63) is 0 Å². The fourth-order valence-corrected chi connectivity index (χ4v) is 0. The van der Waals surface area contributed by atoms with E-state index in [9.17, 15) is 0 Å². The van der Waals surface area contributed by atoms with Gasteiger partial charge in [0, 0.05) is 0 Å². The van der Waals surface area contributed by atoms with Gasteiger partial charge < -0.3 is 0 Å². The summed E-state index contributed by atoms with van der Waals surface area (Å²) < 4.78 is 17.0. The Morgan fingerprint density at radius 2 is 1.00 bits per heavy atom. The molecule has 2 nitrogen and oxygen atoms in total. The first-order valence-corrected chi connectivity index (χ1v) is 1.97. The third-order valence-electron chi connectivity index (χ3n) is 0. The normalized spacial score (nSPS) is 2.40. The average molecular weight is 168 g/mol. The summed E-state index contributed by atoms with van der Waals surface area (Å²) in [5, 5.41) is 0. The van der Waals surface area contributed by atoms with E-state index in [1.165, 1.54) is 0 Å². The van der Waals surface area contributed by atoms with Crippen molar-refractivity contribution in [3.63, 3.8) is 0 Å². The van der Waals surface area contributed by atoms with Crippen LogP contribution in [0, 0.1) is 0 Å². The summed E-state index contributed by atoms with van der Waals surface area (Å²) in [5.41, 5.74) is 0. The van der Waals surface area contributed by atoms with Gasteiger partial charge in [0.05, 0.1) is 0 Å². The molecule has 0 aromatic heterocycles. The Hall–Kier alpha value is 0.148. The van der Waals surface area contributed by atoms with Gasteiger partial charge in [0.15, 0.2) is 0 Å². The van der Waals surface area contributed by atoms with Crippen molar-refractivity contribution in [3.8, 4) is 0 Å². The van der Waals surface area contributed by atoms with E-state index in [0.717, 1.165) is 0 Å². The monoisotopic (exact) mass is 170 g/mol. The van der Waals surface area contributed by atoms with Crippen molar-refractivity contribution in [1.29, 1.82) is 0 Å². The van der Waals surface area contributed by atoms with E-state index < -0.39 is 18.5 Å². The van der Waals surface area contributed by atoms with E-state index in [-0.39, 0.29) is 9.41 Å². The predicted octanol–water partition coefficient (Wildman–Crippen LogP) is 0.0649. The molecule has 0 bridgehead atoms. The van der Waals surface area contributed by atoms with Crippen molar-refractivity contribution in [1.82, 2.24) is 0 Å². The fraction of sp³-hybridized carbons (Fsp3) is 0. The van der Waals surface area contributed by atoms with Crippen LogP contribution in [0.2, 0.25) is 0 Å². The third-order valence-corrected chi connectivity index (χ3v) is 0. The van der Waals surface area contributed by atoms with E-state index in [0.29, 0.717) is 0 Å². The Bertz CT molecular complexity index is 28.6. The van der Waals surface area contributed by atoms with Crippen LogP contribution in [0.25, 0.3) is 0 Å². The van der Waals surface area contributed by atoms with Crippen LogP contribution in [-0.2, 0) is 25.3 Å². The predicted molar refractivity (Wildman–Crippen MR) is 6.38 cm³/mol. The average Bonchev–Trinajstić information content (AvgIpc) is 0.918. The molecule has 5 heteroatoms. The molecule has 0 aromatic carbocycles. The molecule has 0 aliphatic rings. The van der Waals surface area contributed by atoms with Gasteiger partial charge in [-0.25, -0.2) is 0 Å². The van der Waals surface area contributed by atoms with E-state index >= 15 is 0 Å². The molecule has 0 amide bonds. The summed E-state index contributed by atoms with van der Waals surface area (Å²) in [6.45, 7) is 0. The molecular formula is H2F2MoO2. The van der Waals surface area contributed by atoms with E-state index in [2.05, 4.69) is 0 Å². The Morgan fingerprint density at radius 3 is 1.00 bits per heavy atom. The molecule has 0 saturated heterocycles. The summed E-state index contributed by atoms with van der Waals surface area (Å²) >= 11 is -2.03. The molecule has 0 saturated carbocycles. The first-order chi connectivity index (χ1) is 1.41. The van der Waals surface area contributed by atoms with Gasteiger partial charge in [-0.05, 0) is 0 Å². The first kappa shape index (κ1) is 19.2. The summed E-state index contributed by atoms with van der Waals surface area (Å²) in [5.74, 6) is 0. The van der Waals surface area contributed by atoms with Crippen molar-refractivity contribution in [2.24, 2.45) is 0 Å². The van der Waals surface area contributed by atoms with E-state index in [1.807, 2.05) is 0 Å². The molecule has 0 aliphatic heterocycles. The minimum absolute atomic E-state index is 0. The van der Waals surface area contributed by atoms with E-state index in [4.69, 9.17) is 6.80 Å². The maximum absolute atomic E-state index is 8.50. The summed E-state index contributed by atoms with van der Waals surface area (Å²) in [4.78, 5) is 0. The van der Waals surface area contributed by atoms with Crippen LogP contribution in [0.5, 0.6) is 0 Å². The second kappa shape index (κ2) is 31.2. The van der Waals surface area contributed by atoms with Crippen LogP contribution in [0.15, 0.2) is 0 Å². The van der Waals surface area contributed by atoms with Gasteiger partial charge in [0.25, 0.3) is 0 Å². The van der Waals surface area contributed by atoms with Crippen molar-refractivity contribution < 1.29 is 34.7 Å².